The van der Waals surface area contributed by atoms with Gasteiger partial charge in [0.15, 0.2) is 0 Å². The predicted octanol–water partition coefficient (Wildman–Crippen LogP) is 1.76. The number of halogens is 1. The highest BCUT2D eigenvalue weighted by Crippen LogP contribution is 2.24. The first-order chi connectivity index (χ1) is 12.3. The Hall–Kier alpha value is -2.64. The number of nitrogens with zero attached hydrogens (tertiary/aromatic N) is 2. The Morgan fingerprint density at radius 3 is 2.65 bits per heavy atom. The predicted molar refractivity (Wildman–Crippen MR) is 91.5 cm³/mol. The molecule has 26 heavy (non-hydrogen) atoms. The van der Waals surface area contributed by atoms with Crippen LogP contribution in [0.4, 0.5) is 4.39 Å². The molecule has 0 saturated carbocycles. The van der Waals surface area contributed by atoms with Gasteiger partial charge in [0, 0.05) is 26.1 Å². The van der Waals surface area contributed by atoms with E-state index in [2.05, 4.69) is 0 Å². The monoisotopic (exact) mass is 366 g/mol. The maximum atomic E-state index is 13.5. The van der Waals surface area contributed by atoms with Crippen LogP contribution in [0.15, 0.2) is 18.2 Å². The number of amides is 2. The van der Waals surface area contributed by atoms with Crippen molar-refractivity contribution < 1.29 is 28.6 Å². The first kappa shape index (κ1) is 19.7. The van der Waals surface area contributed by atoms with E-state index in [1.54, 1.807) is 4.90 Å². The molecule has 7 nitrogen and oxygen atoms in total. The molecule has 0 aromatic heterocycles. The fraction of sp³-hybridized carbons (Fsp3) is 0.500. The molecule has 142 valence electrons. The quantitative estimate of drug-likeness (QED) is 0.858. The fourth-order valence-electron chi connectivity index (χ4n) is 3.25. The number of carboxylic acids is 1. The van der Waals surface area contributed by atoms with Crippen molar-refractivity contribution >= 4 is 17.8 Å². The summed E-state index contributed by atoms with van der Waals surface area (Å²) >= 11 is 0. The van der Waals surface area contributed by atoms with Gasteiger partial charge < -0.3 is 19.6 Å². The Bertz CT molecular complexity index is 694. The maximum Gasteiger partial charge on any atom is 0.323 e. The number of hydrogen-bond acceptors (Lipinski definition) is 4. The van der Waals surface area contributed by atoms with Crippen molar-refractivity contribution in [3.63, 3.8) is 0 Å². The third kappa shape index (κ3) is 4.71. The highest BCUT2D eigenvalue weighted by molar-refractivity contribution is 5.97. The summed E-state index contributed by atoms with van der Waals surface area (Å²) in [6, 6.07) is 3.55. The zero-order valence-electron chi connectivity index (χ0n) is 14.9. The van der Waals surface area contributed by atoms with Crippen molar-refractivity contribution in [3.8, 4) is 5.75 Å². The number of methoxy groups -OCH3 is 1. The number of likely N-dealkylation sites (tertiary alicyclic amines) is 1. The Balaban J connectivity index is 2.13. The van der Waals surface area contributed by atoms with Crippen molar-refractivity contribution in [2.24, 2.45) is 0 Å². The number of aliphatic carboxylic acids is 1. The van der Waals surface area contributed by atoms with Gasteiger partial charge in [0.05, 0.1) is 12.7 Å². The highest BCUT2D eigenvalue weighted by atomic mass is 19.1. The summed E-state index contributed by atoms with van der Waals surface area (Å²) in [7, 11) is 1.42. The summed E-state index contributed by atoms with van der Waals surface area (Å²) < 4.78 is 18.7. The maximum absolute atomic E-state index is 13.5. The van der Waals surface area contributed by atoms with Gasteiger partial charge in [-0.15, -0.1) is 0 Å². The molecule has 1 unspecified atom stereocenters. The lowest BCUT2D eigenvalue weighted by atomic mass is 10.1. The Morgan fingerprint density at radius 1 is 1.31 bits per heavy atom. The van der Waals surface area contributed by atoms with Gasteiger partial charge >= 0.3 is 5.97 Å². The second-order valence-electron chi connectivity index (χ2n) is 6.26. The average Bonchev–Trinajstić information content (AvgIpc) is 2.84. The second kappa shape index (κ2) is 8.64. The van der Waals surface area contributed by atoms with Crippen molar-refractivity contribution in [2.75, 3.05) is 26.7 Å². The van der Waals surface area contributed by atoms with Gasteiger partial charge in [0.25, 0.3) is 5.91 Å². The van der Waals surface area contributed by atoms with Crippen molar-refractivity contribution in [2.45, 2.75) is 32.2 Å². The third-order valence-electron chi connectivity index (χ3n) is 4.53. The van der Waals surface area contributed by atoms with Crippen molar-refractivity contribution in [3.05, 3.63) is 29.6 Å². The smallest absolute Gasteiger partial charge is 0.323 e. The molecule has 1 aromatic carbocycles. The van der Waals surface area contributed by atoms with Crippen LogP contribution in [0.1, 0.15) is 36.5 Å². The number of carboxylic acid groups (broad SMARTS) is 1. The third-order valence-corrected chi connectivity index (χ3v) is 4.53. The van der Waals surface area contributed by atoms with Gasteiger partial charge in [0.2, 0.25) is 5.91 Å². The zero-order chi connectivity index (χ0) is 19.3. The standard InChI is InChI=1S/C18H23FN2O5/c1-12(22)21(11-17(23)24)14-4-3-8-20(9-7-14)18(25)15-10-13(19)5-6-16(15)26-2/h5-6,10,14H,3-4,7-9,11H2,1-2H3,(H,23,24). The molecule has 0 spiro atoms. The molecule has 1 aromatic rings. The van der Waals surface area contributed by atoms with Crippen LogP contribution in [0.5, 0.6) is 5.75 Å². The van der Waals surface area contributed by atoms with Gasteiger partial charge in [-0.3, -0.25) is 14.4 Å². The first-order valence-electron chi connectivity index (χ1n) is 8.45. The van der Waals surface area contributed by atoms with Crippen LogP contribution in [0.25, 0.3) is 0 Å². The van der Waals surface area contributed by atoms with Crippen LogP contribution >= 0.6 is 0 Å². The van der Waals surface area contributed by atoms with Gasteiger partial charge in [-0.05, 0) is 37.5 Å². The molecule has 8 heteroatoms. The summed E-state index contributed by atoms with van der Waals surface area (Å²) in [5.41, 5.74) is 0.153. The Labute approximate surface area is 151 Å². The summed E-state index contributed by atoms with van der Waals surface area (Å²) in [6.07, 6.45) is 1.70. The van der Waals surface area contributed by atoms with Crippen LogP contribution in [0.3, 0.4) is 0 Å². The number of hydrogen-bond donors (Lipinski definition) is 1. The van der Waals surface area contributed by atoms with Crippen LogP contribution in [0, 0.1) is 5.82 Å². The number of carbonyl (C=O) groups excluding carboxylic acids is 2. The molecular weight excluding hydrogens is 343 g/mol. The van der Waals surface area contributed by atoms with Crippen LogP contribution < -0.4 is 4.74 Å². The van der Waals surface area contributed by atoms with Crippen LogP contribution in [-0.4, -0.2) is 65.5 Å². The number of rotatable bonds is 5. The SMILES string of the molecule is COc1ccc(F)cc1C(=O)N1CCCC(N(CC(=O)O)C(C)=O)CC1. The van der Waals surface area contributed by atoms with Gasteiger partial charge in [0.1, 0.15) is 18.1 Å². The van der Waals surface area contributed by atoms with Crippen LogP contribution in [0.2, 0.25) is 0 Å². The van der Waals surface area contributed by atoms with Crippen molar-refractivity contribution in [1.29, 1.82) is 0 Å². The van der Waals surface area contributed by atoms with E-state index in [1.165, 1.54) is 31.1 Å². The lowest BCUT2D eigenvalue weighted by Crippen LogP contribution is -2.43. The molecule has 1 aliphatic heterocycles. The summed E-state index contributed by atoms with van der Waals surface area (Å²) in [4.78, 5) is 38.5. The molecule has 1 N–H and O–H groups in total. The minimum absolute atomic E-state index is 0.153. The molecule has 1 fully saturated rings. The molecule has 0 radical (unpaired) electrons. The number of carbonyl (C=O) groups is 3. The molecule has 1 atom stereocenters. The average molecular weight is 366 g/mol. The van der Waals surface area contributed by atoms with Crippen LogP contribution in [-0.2, 0) is 9.59 Å². The Morgan fingerprint density at radius 2 is 2.04 bits per heavy atom. The van der Waals surface area contributed by atoms with Gasteiger partial charge in [-0.25, -0.2) is 4.39 Å². The van der Waals surface area contributed by atoms with Gasteiger partial charge in [-0.2, -0.15) is 0 Å². The minimum Gasteiger partial charge on any atom is -0.496 e. The minimum atomic E-state index is -1.07. The number of benzene rings is 1. The topological polar surface area (TPSA) is 87.2 Å². The zero-order valence-corrected chi connectivity index (χ0v) is 14.9. The van der Waals surface area contributed by atoms with E-state index in [-0.39, 0.29) is 30.0 Å². The molecular formula is C18H23FN2O5. The van der Waals surface area contributed by atoms with E-state index in [9.17, 15) is 18.8 Å². The molecule has 0 aliphatic carbocycles. The Kier molecular flexibility index (Phi) is 6.54. The molecule has 1 heterocycles. The summed E-state index contributed by atoms with van der Waals surface area (Å²) in [5.74, 6) is -1.93. The largest absolute Gasteiger partial charge is 0.496 e. The molecule has 0 bridgehead atoms. The van der Waals surface area contributed by atoms with E-state index in [4.69, 9.17) is 9.84 Å². The summed E-state index contributed by atoms with van der Waals surface area (Å²) in [6.45, 7) is 1.79. The van der Waals surface area contributed by atoms with E-state index in [0.717, 1.165) is 6.07 Å². The van der Waals surface area contributed by atoms with E-state index < -0.39 is 11.8 Å². The molecule has 1 saturated heterocycles. The first-order valence-corrected chi connectivity index (χ1v) is 8.45. The van der Waals surface area contributed by atoms with E-state index in [1.807, 2.05) is 0 Å². The highest BCUT2D eigenvalue weighted by Gasteiger charge is 2.28. The van der Waals surface area contributed by atoms with E-state index in [0.29, 0.717) is 38.1 Å². The lowest BCUT2D eigenvalue weighted by Gasteiger charge is -2.29. The van der Waals surface area contributed by atoms with Crippen molar-refractivity contribution in [1.82, 2.24) is 9.80 Å². The molecule has 1 aliphatic rings. The normalized spacial score (nSPS) is 17.3. The summed E-state index contributed by atoms with van der Waals surface area (Å²) in [5, 5.41) is 9.00. The van der Waals surface area contributed by atoms with Gasteiger partial charge in [-0.1, -0.05) is 0 Å². The fourth-order valence-corrected chi connectivity index (χ4v) is 3.25. The molecule has 2 amide bonds. The number of ether oxygens (including phenoxy) is 1. The second-order valence-corrected chi connectivity index (χ2v) is 6.26. The lowest BCUT2D eigenvalue weighted by molar-refractivity contribution is -0.145. The van der Waals surface area contributed by atoms with E-state index >= 15 is 0 Å². The molecule has 2 rings (SSSR count).